The second-order valence-corrected chi connectivity index (χ2v) is 9.57. The van der Waals surface area contributed by atoms with E-state index in [-0.39, 0.29) is 5.92 Å². The molecule has 3 aliphatic rings. The van der Waals surface area contributed by atoms with E-state index in [4.69, 9.17) is 4.74 Å². The molecule has 1 aliphatic heterocycles. The predicted octanol–water partition coefficient (Wildman–Crippen LogP) is 1.83. The van der Waals surface area contributed by atoms with E-state index in [0.717, 1.165) is 0 Å². The first-order valence-electron chi connectivity index (χ1n) is 9.27. The predicted molar refractivity (Wildman–Crippen MR) is 93.8 cm³/mol. The molecule has 2 saturated carbocycles. The van der Waals surface area contributed by atoms with Gasteiger partial charge in [-0.2, -0.15) is 0 Å². The van der Waals surface area contributed by atoms with Gasteiger partial charge in [0.15, 0.2) is 5.78 Å². The summed E-state index contributed by atoms with van der Waals surface area (Å²) in [6, 6.07) is 0. The molecule has 5 nitrogen and oxygen atoms in total. The Labute approximate surface area is 150 Å². The monoisotopic (exact) mass is 352 g/mol. The van der Waals surface area contributed by atoms with Gasteiger partial charge in [-0.15, -0.1) is 0 Å². The smallest absolute Gasteiger partial charge is 0.197 e. The van der Waals surface area contributed by atoms with Crippen molar-refractivity contribution in [3.63, 3.8) is 0 Å². The summed E-state index contributed by atoms with van der Waals surface area (Å²) < 4.78 is 6.18. The molecule has 0 spiro atoms. The van der Waals surface area contributed by atoms with E-state index in [0.29, 0.717) is 19.3 Å². The van der Waals surface area contributed by atoms with Gasteiger partial charge >= 0.3 is 0 Å². The summed E-state index contributed by atoms with van der Waals surface area (Å²) >= 11 is 0. The van der Waals surface area contributed by atoms with Crippen molar-refractivity contribution in [2.24, 2.45) is 22.7 Å². The third-order valence-electron chi connectivity index (χ3n) is 7.85. The molecule has 0 aromatic heterocycles. The SMILES string of the molecule is C=C[C@]1(C)O[C@@]2(C)[C@H](O)C[C@@H]3C(C)(C)[C@H](O)CC[C@@]3(C)[C@@H]2[C@@H](O)C1=O. The molecule has 0 aromatic carbocycles. The van der Waals surface area contributed by atoms with Crippen LogP contribution in [-0.2, 0) is 9.53 Å². The van der Waals surface area contributed by atoms with Crippen molar-refractivity contribution in [2.45, 2.75) is 83.4 Å². The maximum atomic E-state index is 12.8. The third kappa shape index (κ3) is 2.25. The number of Topliss-reactive ketones (excluding diaryl/α,β-unsaturated/α-hetero) is 1. The molecular weight excluding hydrogens is 320 g/mol. The normalized spacial score (nSPS) is 55.2. The van der Waals surface area contributed by atoms with Crippen LogP contribution >= 0.6 is 0 Å². The van der Waals surface area contributed by atoms with Crippen molar-refractivity contribution in [1.29, 1.82) is 0 Å². The quantitative estimate of drug-likeness (QED) is 0.627. The number of hydrogen-bond acceptors (Lipinski definition) is 5. The molecule has 0 radical (unpaired) electrons. The maximum Gasteiger partial charge on any atom is 0.197 e. The molecule has 0 amide bonds. The van der Waals surface area contributed by atoms with Crippen LogP contribution in [0.15, 0.2) is 12.7 Å². The van der Waals surface area contributed by atoms with E-state index in [1.807, 2.05) is 13.8 Å². The lowest BCUT2D eigenvalue weighted by Gasteiger charge is -2.67. The number of fused-ring (bicyclic) bond motifs is 3. The lowest BCUT2D eigenvalue weighted by atomic mass is 9.42. The number of aliphatic hydroxyl groups excluding tert-OH is 3. The fraction of sp³-hybridized carbons (Fsp3) is 0.850. The van der Waals surface area contributed by atoms with Crippen molar-refractivity contribution in [1.82, 2.24) is 0 Å². The molecule has 5 heteroatoms. The first kappa shape index (κ1) is 19.0. The molecule has 1 saturated heterocycles. The lowest BCUT2D eigenvalue weighted by Crippen LogP contribution is -2.75. The number of hydrogen-bond donors (Lipinski definition) is 3. The molecule has 142 valence electrons. The fourth-order valence-corrected chi connectivity index (χ4v) is 6.24. The van der Waals surface area contributed by atoms with Crippen LogP contribution < -0.4 is 0 Å². The highest BCUT2D eigenvalue weighted by Crippen LogP contribution is 2.65. The molecule has 3 N–H and O–H groups in total. The lowest BCUT2D eigenvalue weighted by molar-refractivity contribution is -0.304. The summed E-state index contributed by atoms with van der Waals surface area (Å²) in [7, 11) is 0. The maximum absolute atomic E-state index is 12.8. The van der Waals surface area contributed by atoms with Gasteiger partial charge in [-0.05, 0) is 49.9 Å². The van der Waals surface area contributed by atoms with Gasteiger partial charge in [0.25, 0.3) is 0 Å². The molecule has 3 rings (SSSR count). The summed E-state index contributed by atoms with van der Waals surface area (Å²) in [5.74, 6) is -0.944. The second kappa shape index (κ2) is 5.38. The summed E-state index contributed by atoms with van der Waals surface area (Å²) in [5.41, 5.74) is -3.16. The molecule has 0 bridgehead atoms. The molecule has 0 aromatic rings. The minimum atomic E-state index is -1.31. The van der Waals surface area contributed by atoms with Crippen LogP contribution in [0.3, 0.4) is 0 Å². The molecule has 1 heterocycles. The Kier molecular flexibility index (Phi) is 4.09. The number of carbonyl (C=O) groups excluding carboxylic acids is 1. The summed E-state index contributed by atoms with van der Waals surface area (Å²) in [5, 5.41) is 32.5. The Morgan fingerprint density at radius 2 is 1.72 bits per heavy atom. The Bertz CT molecular complexity index is 601. The van der Waals surface area contributed by atoms with E-state index >= 15 is 0 Å². The second-order valence-electron chi connectivity index (χ2n) is 9.57. The highest BCUT2D eigenvalue weighted by Gasteiger charge is 2.70. The standard InChI is InChI=1S/C20H32O5/c1-7-19(5)16(24)14(23)15-18(4)9-8-12(21)17(2,3)11(18)10-13(22)20(15,6)25-19/h7,11-15,21-23H,1,8-10H2,2-6H3/t11-,12-,13-,14-,15+,18-,19+,20+/m1/s1. The number of aliphatic hydroxyl groups is 3. The first-order valence-corrected chi connectivity index (χ1v) is 9.27. The van der Waals surface area contributed by atoms with Crippen molar-refractivity contribution < 1.29 is 24.9 Å². The largest absolute Gasteiger partial charge is 0.393 e. The molecular formula is C20H32O5. The minimum absolute atomic E-state index is 0.0176. The van der Waals surface area contributed by atoms with Crippen molar-refractivity contribution in [2.75, 3.05) is 0 Å². The van der Waals surface area contributed by atoms with Gasteiger partial charge in [-0.1, -0.05) is 33.4 Å². The number of carbonyl (C=O) groups is 1. The van der Waals surface area contributed by atoms with Crippen molar-refractivity contribution >= 4 is 5.78 Å². The molecule has 25 heavy (non-hydrogen) atoms. The molecule has 3 fully saturated rings. The Balaban J connectivity index is 2.13. The minimum Gasteiger partial charge on any atom is -0.393 e. The Hall–Kier alpha value is -0.750. The zero-order valence-corrected chi connectivity index (χ0v) is 16.0. The van der Waals surface area contributed by atoms with Gasteiger partial charge in [0.05, 0.1) is 17.8 Å². The van der Waals surface area contributed by atoms with E-state index in [1.54, 1.807) is 13.8 Å². The molecule has 8 atom stereocenters. The van der Waals surface area contributed by atoms with Crippen LogP contribution in [0.2, 0.25) is 0 Å². The van der Waals surface area contributed by atoms with Crippen molar-refractivity contribution in [3.05, 3.63) is 12.7 Å². The highest BCUT2D eigenvalue weighted by atomic mass is 16.5. The van der Waals surface area contributed by atoms with E-state index in [1.165, 1.54) is 6.08 Å². The number of rotatable bonds is 1. The van der Waals surface area contributed by atoms with Gasteiger partial charge < -0.3 is 20.1 Å². The third-order valence-corrected chi connectivity index (χ3v) is 7.85. The van der Waals surface area contributed by atoms with E-state index < -0.39 is 52.0 Å². The summed E-state index contributed by atoms with van der Waals surface area (Å²) in [6.45, 7) is 13.2. The summed E-state index contributed by atoms with van der Waals surface area (Å²) in [6.07, 6.45) is 0.670. The van der Waals surface area contributed by atoms with Crippen LogP contribution in [0.1, 0.15) is 53.9 Å². The van der Waals surface area contributed by atoms with Gasteiger partial charge in [0.2, 0.25) is 0 Å². The Morgan fingerprint density at radius 1 is 1.12 bits per heavy atom. The average molecular weight is 352 g/mol. The van der Waals surface area contributed by atoms with Crippen LogP contribution in [0.4, 0.5) is 0 Å². The molecule has 0 unspecified atom stereocenters. The van der Waals surface area contributed by atoms with Gasteiger partial charge in [0, 0.05) is 5.92 Å². The van der Waals surface area contributed by atoms with Crippen LogP contribution in [0.25, 0.3) is 0 Å². The van der Waals surface area contributed by atoms with E-state index in [2.05, 4.69) is 13.5 Å². The zero-order valence-electron chi connectivity index (χ0n) is 16.0. The summed E-state index contributed by atoms with van der Waals surface area (Å²) in [4.78, 5) is 12.8. The van der Waals surface area contributed by atoms with Crippen LogP contribution in [-0.4, -0.2) is 50.6 Å². The molecule has 2 aliphatic carbocycles. The number of ether oxygens (including phenoxy) is 1. The average Bonchev–Trinajstić information content (AvgIpc) is 2.52. The first-order chi connectivity index (χ1) is 11.3. The zero-order chi connectivity index (χ0) is 19.0. The van der Waals surface area contributed by atoms with Crippen molar-refractivity contribution in [3.8, 4) is 0 Å². The fourth-order valence-electron chi connectivity index (χ4n) is 6.24. The van der Waals surface area contributed by atoms with Gasteiger partial charge in [0.1, 0.15) is 11.7 Å². The number of ketones is 1. The van der Waals surface area contributed by atoms with Crippen LogP contribution in [0, 0.1) is 22.7 Å². The van der Waals surface area contributed by atoms with E-state index in [9.17, 15) is 20.1 Å². The Morgan fingerprint density at radius 3 is 2.28 bits per heavy atom. The van der Waals surface area contributed by atoms with Gasteiger partial charge in [-0.25, -0.2) is 0 Å². The van der Waals surface area contributed by atoms with Crippen LogP contribution in [0.5, 0.6) is 0 Å². The topological polar surface area (TPSA) is 87.0 Å². The highest BCUT2D eigenvalue weighted by molar-refractivity contribution is 5.94. The van der Waals surface area contributed by atoms with Gasteiger partial charge in [-0.3, -0.25) is 4.79 Å².